The van der Waals surface area contributed by atoms with E-state index in [4.69, 9.17) is 10.1 Å². The first-order valence-corrected chi connectivity index (χ1v) is 12.7. The number of rotatable bonds is 9. The summed E-state index contributed by atoms with van der Waals surface area (Å²) in [5, 5.41) is 38.8. The van der Waals surface area contributed by atoms with Gasteiger partial charge in [-0.05, 0) is 54.0 Å². The summed E-state index contributed by atoms with van der Waals surface area (Å²) in [5.74, 6) is -3.11. The first-order chi connectivity index (χ1) is 18.5. The number of hydrogen-bond acceptors (Lipinski definition) is 7. The number of carbonyl (C=O) groups is 2. The number of aliphatic carboxylic acids is 1. The lowest BCUT2D eigenvalue weighted by molar-refractivity contribution is -0.139. The van der Waals surface area contributed by atoms with Gasteiger partial charge in [0, 0.05) is 23.7 Å². The van der Waals surface area contributed by atoms with Gasteiger partial charge in [-0.2, -0.15) is 0 Å². The lowest BCUT2D eigenvalue weighted by atomic mass is 9.87. The summed E-state index contributed by atoms with van der Waals surface area (Å²) in [6.07, 6.45) is 3.55. The molecule has 0 unspecified atom stereocenters. The summed E-state index contributed by atoms with van der Waals surface area (Å²) in [6.45, 7) is 3.93. The minimum Gasteiger partial charge on any atom is -0.481 e. The Balaban J connectivity index is 1.92. The predicted molar refractivity (Wildman–Crippen MR) is 142 cm³/mol. The Kier molecular flexibility index (Phi) is 8.47. The lowest BCUT2D eigenvalue weighted by Gasteiger charge is -2.22. The number of carboxylic acid groups (broad SMARTS) is 2. The van der Waals surface area contributed by atoms with Crippen LogP contribution in [0.3, 0.4) is 0 Å². The van der Waals surface area contributed by atoms with Gasteiger partial charge >= 0.3 is 11.9 Å². The number of aromatic carboxylic acids is 1. The molecule has 39 heavy (non-hydrogen) atoms. The maximum Gasteiger partial charge on any atom is 0.373 e. The Labute approximate surface area is 224 Å². The smallest absolute Gasteiger partial charge is 0.373 e. The minimum atomic E-state index is -1.21. The van der Waals surface area contributed by atoms with Gasteiger partial charge in [0.25, 0.3) is 0 Å². The van der Waals surface area contributed by atoms with Crippen molar-refractivity contribution in [3.8, 4) is 22.4 Å². The van der Waals surface area contributed by atoms with Crippen molar-refractivity contribution in [2.75, 3.05) is 0 Å². The van der Waals surface area contributed by atoms with Crippen LogP contribution in [-0.2, 0) is 17.6 Å². The molecule has 3 aromatic rings. The molecule has 2 atom stereocenters. The molecule has 204 valence electrons. The molecule has 0 fully saturated rings. The summed E-state index contributed by atoms with van der Waals surface area (Å²) in [6, 6.07) is 6.09. The zero-order valence-electron chi connectivity index (χ0n) is 21.6. The summed E-state index contributed by atoms with van der Waals surface area (Å²) in [5.41, 5.74) is 5.70. The predicted octanol–water partition coefficient (Wildman–Crippen LogP) is 4.25. The van der Waals surface area contributed by atoms with E-state index in [1.54, 1.807) is 18.2 Å². The van der Waals surface area contributed by atoms with E-state index in [9.17, 15) is 29.3 Å². The first-order valence-electron chi connectivity index (χ1n) is 12.7. The van der Waals surface area contributed by atoms with Gasteiger partial charge in [0.05, 0.1) is 35.7 Å². The summed E-state index contributed by atoms with van der Waals surface area (Å²) >= 11 is 0. The number of aliphatic hydroxyl groups excluding tert-OH is 2. The summed E-state index contributed by atoms with van der Waals surface area (Å²) in [4.78, 5) is 35.7. The van der Waals surface area contributed by atoms with Crippen molar-refractivity contribution in [2.45, 2.75) is 64.1 Å². The number of hydrogen-bond donors (Lipinski definition) is 4. The van der Waals surface area contributed by atoms with E-state index in [0.717, 1.165) is 16.7 Å². The quantitative estimate of drug-likeness (QED) is 0.315. The number of aliphatic hydroxyl groups is 2. The standard InChI is InChI=1S/C29H30FN3O6/c1-15(2)26-21(11-10-18(34)12-19(35)13-24(36)37)25(16-6-8-17(30)9-7-16)20-4-3-5-23-22(27(20)33-26)14-31-28(32-23)29(38)39/h6-11,14-15,18-19,34-35H,3-5,12-13H2,1-2H3,(H,36,37)(H,38,39)/b11-10+/t18-,19-/m1/s1. The SMILES string of the molecule is CC(C)c1nc2c(c(-c3ccc(F)cc3)c1/C=C/[C@@H](O)C[C@@H](O)CC(=O)O)CCCc1nc(C(=O)O)ncc1-2. The van der Waals surface area contributed by atoms with Crippen LogP contribution in [-0.4, -0.2) is 59.5 Å². The summed E-state index contributed by atoms with van der Waals surface area (Å²) < 4.78 is 13.9. The zero-order chi connectivity index (χ0) is 28.3. The van der Waals surface area contributed by atoms with Gasteiger partial charge in [-0.1, -0.05) is 38.1 Å². The van der Waals surface area contributed by atoms with Crippen LogP contribution in [0.4, 0.5) is 4.39 Å². The van der Waals surface area contributed by atoms with E-state index >= 15 is 0 Å². The molecule has 0 saturated heterocycles. The Bertz CT molecular complexity index is 1420. The number of halogens is 1. The van der Waals surface area contributed by atoms with Crippen molar-refractivity contribution >= 4 is 18.0 Å². The maximum atomic E-state index is 13.9. The molecular weight excluding hydrogens is 505 g/mol. The largest absolute Gasteiger partial charge is 0.481 e. The van der Waals surface area contributed by atoms with E-state index in [1.807, 2.05) is 13.8 Å². The molecule has 1 aliphatic carbocycles. The number of aromatic nitrogens is 3. The van der Waals surface area contributed by atoms with Crippen molar-refractivity contribution in [1.29, 1.82) is 0 Å². The molecule has 10 heteroatoms. The number of benzene rings is 1. The van der Waals surface area contributed by atoms with Crippen molar-refractivity contribution in [2.24, 2.45) is 0 Å². The molecule has 0 bridgehead atoms. The molecular formula is C29H30FN3O6. The van der Waals surface area contributed by atoms with Gasteiger partial charge in [0.2, 0.25) is 5.82 Å². The average Bonchev–Trinajstić information content (AvgIpc) is 3.05. The lowest BCUT2D eigenvalue weighted by Crippen LogP contribution is -2.19. The third kappa shape index (κ3) is 6.35. The maximum absolute atomic E-state index is 13.9. The van der Waals surface area contributed by atoms with Crippen LogP contribution >= 0.6 is 0 Å². The molecule has 1 aromatic carbocycles. The second-order valence-corrected chi connectivity index (χ2v) is 9.90. The number of pyridine rings is 1. The van der Waals surface area contributed by atoms with Gasteiger partial charge in [0.15, 0.2) is 0 Å². The Morgan fingerprint density at radius 1 is 1.08 bits per heavy atom. The molecule has 0 radical (unpaired) electrons. The van der Waals surface area contributed by atoms with E-state index < -0.39 is 30.6 Å². The van der Waals surface area contributed by atoms with Gasteiger partial charge in [-0.15, -0.1) is 0 Å². The number of aryl methyl sites for hydroxylation is 1. The molecule has 0 saturated carbocycles. The van der Waals surface area contributed by atoms with Gasteiger partial charge in [0.1, 0.15) is 5.82 Å². The summed E-state index contributed by atoms with van der Waals surface area (Å²) in [7, 11) is 0. The minimum absolute atomic E-state index is 0.0743. The molecule has 2 heterocycles. The van der Waals surface area contributed by atoms with Crippen LogP contribution in [0, 0.1) is 5.82 Å². The highest BCUT2D eigenvalue weighted by Crippen LogP contribution is 2.41. The van der Waals surface area contributed by atoms with Crippen molar-refractivity contribution in [1.82, 2.24) is 15.0 Å². The average molecular weight is 536 g/mol. The highest BCUT2D eigenvalue weighted by Gasteiger charge is 2.27. The Morgan fingerprint density at radius 2 is 1.79 bits per heavy atom. The number of nitrogens with zero attached hydrogens (tertiary/aromatic N) is 3. The van der Waals surface area contributed by atoms with Gasteiger partial charge in [-0.25, -0.2) is 19.2 Å². The van der Waals surface area contributed by atoms with E-state index in [2.05, 4.69) is 9.97 Å². The highest BCUT2D eigenvalue weighted by atomic mass is 19.1. The van der Waals surface area contributed by atoms with Crippen molar-refractivity contribution in [3.05, 3.63) is 70.7 Å². The van der Waals surface area contributed by atoms with E-state index in [1.165, 1.54) is 24.4 Å². The van der Waals surface area contributed by atoms with E-state index in [-0.39, 0.29) is 24.0 Å². The molecule has 4 rings (SSSR count). The van der Waals surface area contributed by atoms with Crippen molar-refractivity contribution < 1.29 is 34.4 Å². The molecule has 0 aliphatic heterocycles. The normalized spacial score (nSPS) is 14.5. The van der Waals surface area contributed by atoms with E-state index in [0.29, 0.717) is 47.5 Å². The Morgan fingerprint density at radius 3 is 2.44 bits per heavy atom. The van der Waals surface area contributed by atoms with Crippen LogP contribution in [0.2, 0.25) is 0 Å². The monoisotopic (exact) mass is 535 g/mol. The number of carboxylic acids is 2. The molecule has 0 spiro atoms. The second kappa shape index (κ2) is 11.8. The van der Waals surface area contributed by atoms with Crippen LogP contribution in [0.5, 0.6) is 0 Å². The third-order valence-corrected chi connectivity index (χ3v) is 6.61. The fourth-order valence-corrected chi connectivity index (χ4v) is 4.87. The van der Waals surface area contributed by atoms with Gasteiger partial charge in [-0.3, -0.25) is 9.78 Å². The van der Waals surface area contributed by atoms with Gasteiger partial charge < -0.3 is 20.4 Å². The zero-order valence-corrected chi connectivity index (χ0v) is 21.6. The molecule has 9 nitrogen and oxygen atoms in total. The second-order valence-electron chi connectivity index (χ2n) is 9.90. The fraction of sp³-hybridized carbons (Fsp3) is 0.345. The van der Waals surface area contributed by atoms with Crippen LogP contribution in [0.1, 0.15) is 72.2 Å². The molecule has 1 aliphatic rings. The van der Waals surface area contributed by atoms with Crippen LogP contribution < -0.4 is 0 Å². The molecule has 2 aromatic heterocycles. The van der Waals surface area contributed by atoms with Crippen molar-refractivity contribution in [3.63, 3.8) is 0 Å². The topological polar surface area (TPSA) is 154 Å². The highest BCUT2D eigenvalue weighted by molar-refractivity contribution is 5.87. The fourth-order valence-electron chi connectivity index (χ4n) is 4.87. The van der Waals surface area contributed by atoms with Crippen LogP contribution in [0.25, 0.3) is 28.5 Å². The number of fused-ring (bicyclic) bond motifs is 3. The first kappa shape index (κ1) is 28.0. The van der Waals surface area contributed by atoms with Crippen LogP contribution in [0.15, 0.2) is 36.5 Å². The molecule has 0 amide bonds. The Hall–Kier alpha value is -4.02. The third-order valence-electron chi connectivity index (χ3n) is 6.61. The molecule has 4 N–H and O–H groups in total.